The van der Waals surface area contributed by atoms with Crippen LogP contribution in [0.5, 0.6) is 5.75 Å². The summed E-state index contributed by atoms with van der Waals surface area (Å²) < 4.78 is 32.9. The van der Waals surface area contributed by atoms with Gasteiger partial charge in [0.25, 0.3) is 5.91 Å². The molecule has 1 aliphatic heterocycles. The average molecular weight is 507 g/mol. The Morgan fingerprint density at radius 3 is 2.28 bits per heavy atom. The van der Waals surface area contributed by atoms with E-state index >= 15 is 0 Å². The van der Waals surface area contributed by atoms with Gasteiger partial charge in [-0.3, -0.25) is 9.10 Å². The third kappa shape index (κ3) is 5.41. The summed E-state index contributed by atoms with van der Waals surface area (Å²) >= 11 is 0. The Bertz CT molecular complexity index is 1330. The molecular weight excluding hydrogens is 472 g/mol. The molecule has 0 aromatic heterocycles. The Morgan fingerprint density at radius 2 is 1.64 bits per heavy atom. The fourth-order valence-electron chi connectivity index (χ4n) is 4.79. The van der Waals surface area contributed by atoms with Crippen LogP contribution in [0.3, 0.4) is 0 Å². The van der Waals surface area contributed by atoms with Crippen LogP contribution < -0.4 is 14.4 Å². The predicted molar refractivity (Wildman–Crippen MR) is 144 cm³/mol. The molecule has 1 heterocycles. The molecule has 3 aromatic carbocycles. The molecule has 1 N–H and O–H groups in total. The van der Waals surface area contributed by atoms with Gasteiger partial charge in [-0.1, -0.05) is 56.3 Å². The lowest BCUT2D eigenvalue weighted by Gasteiger charge is -2.41. The van der Waals surface area contributed by atoms with Crippen molar-refractivity contribution in [1.82, 2.24) is 5.32 Å². The third-order valence-corrected chi connectivity index (χ3v) is 8.32. The summed E-state index contributed by atoms with van der Waals surface area (Å²) in [5.41, 5.74) is 3.60. The number of sulfonamides is 1. The van der Waals surface area contributed by atoms with Crippen molar-refractivity contribution in [1.29, 1.82) is 0 Å². The van der Waals surface area contributed by atoms with Gasteiger partial charge in [0.2, 0.25) is 10.0 Å². The molecule has 190 valence electrons. The number of rotatable bonds is 8. The van der Waals surface area contributed by atoms with E-state index in [0.29, 0.717) is 17.7 Å². The molecule has 0 saturated carbocycles. The minimum Gasteiger partial charge on any atom is -0.487 e. The Labute approximate surface area is 214 Å². The fourth-order valence-corrected chi connectivity index (χ4v) is 5.67. The zero-order valence-electron chi connectivity index (χ0n) is 21.3. The first-order valence-electron chi connectivity index (χ1n) is 12.4. The van der Waals surface area contributed by atoms with Crippen molar-refractivity contribution in [3.63, 3.8) is 0 Å². The Hall–Kier alpha value is -3.32. The van der Waals surface area contributed by atoms with E-state index < -0.39 is 10.0 Å². The topological polar surface area (TPSA) is 75.7 Å². The van der Waals surface area contributed by atoms with E-state index in [1.165, 1.54) is 10.6 Å². The number of hydrogen-bond donors (Lipinski definition) is 1. The lowest BCUT2D eigenvalue weighted by Crippen LogP contribution is -2.44. The normalized spacial score (nSPS) is 16.5. The van der Waals surface area contributed by atoms with E-state index in [9.17, 15) is 13.2 Å². The van der Waals surface area contributed by atoms with Gasteiger partial charge in [0.05, 0.1) is 24.5 Å². The number of hydrogen-bond acceptors (Lipinski definition) is 4. The molecule has 0 radical (unpaired) electrons. The Balaban J connectivity index is 1.56. The monoisotopic (exact) mass is 506 g/mol. The summed E-state index contributed by atoms with van der Waals surface area (Å²) in [5.74, 6) is 0.613. The first-order valence-corrected chi connectivity index (χ1v) is 14.2. The summed E-state index contributed by atoms with van der Waals surface area (Å²) in [7, 11) is -3.52. The quantitative estimate of drug-likeness (QED) is 0.421. The average Bonchev–Trinajstić information content (AvgIpc) is 2.87. The van der Waals surface area contributed by atoms with E-state index in [1.807, 2.05) is 55.5 Å². The molecule has 0 spiro atoms. The Kier molecular flexibility index (Phi) is 7.41. The number of benzene rings is 3. The van der Waals surface area contributed by atoms with Crippen LogP contribution in [0.25, 0.3) is 0 Å². The highest BCUT2D eigenvalue weighted by molar-refractivity contribution is 7.92. The summed E-state index contributed by atoms with van der Waals surface area (Å²) in [4.78, 5) is 13.2. The van der Waals surface area contributed by atoms with Crippen molar-refractivity contribution in [2.75, 3.05) is 10.6 Å². The van der Waals surface area contributed by atoms with E-state index in [2.05, 4.69) is 19.2 Å². The van der Waals surface area contributed by atoms with Crippen LogP contribution >= 0.6 is 0 Å². The van der Waals surface area contributed by atoms with Crippen LogP contribution in [0, 0.1) is 6.92 Å². The number of fused-ring (bicyclic) bond motifs is 1. The predicted octanol–water partition coefficient (Wildman–Crippen LogP) is 5.77. The first kappa shape index (κ1) is 25.8. The summed E-state index contributed by atoms with van der Waals surface area (Å²) in [6.45, 7) is 6.41. The number of nitrogens with zero attached hydrogens (tertiary/aromatic N) is 1. The number of aryl methyl sites for hydroxylation is 1. The highest BCUT2D eigenvalue weighted by Crippen LogP contribution is 2.42. The van der Waals surface area contributed by atoms with Crippen molar-refractivity contribution < 1.29 is 17.9 Å². The van der Waals surface area contributed by atoms with Crippen LogP contribution in [0.4, 0.5) is 5.69 Å². The van der Waals surface area contributed by atoms with Crippen LogP contribution in [0.15, 0.2) is 72.8 Å². The van der Waals surface area contributed by atoms with Gasteiger partial charge in [0, 0.05) is 17.5 Å². The van der Waals surface area contributed by atoms with E-state index in [-0.39, 0.29) is 24.1 Å². The third-order valence-electron chi connectivity index (χ3n) is 7.18. The van der Waals surface area contributed by atoms with Gasteiger partial charge in [-0.05, 0) is 61.2 Å². The molecule has 6 nitrogen and oxygen atoms in total. The SMILES string of the molecule is CCC1(CC)C[C@H](NC(=O)c2ccc(N(Cc3ccccc3C)S(C)(=O)=O)cc2)c2ccccc2O1. The van der Waals surface area contributed by atoms with Crippen molar-refractivity contribution in [2.24, 2.45) is 0 Å². The van der Waals surface area contributed by atoms with Crippen molar-refractivity contribution >= 4 is 21.6 Å². The number of anilines is 1. The Morgan fingerprint density at radius 1 is 1.00 bits per heavy atom. The van der Waals surface area contributed by atoms with Gasteiger partial charge in [-0.25, -0.2) is 8.42 Å². The molecule has 36 heavy (non-hydrogen) atoms. The largest absolute Gasteiger partial charge is 0.487 e. The first-order chi connectivity index (χ1) is 17.2. The molecule has 0 unspecified atom stereocenters. The molecule has 1 atom stereocenters. The van der Waals surface area contributed by atoms with Gasteiger partial charge in [-0.2, -0.15) is 0 Å². The van der Waals surface area contributed by atoms with Crippen molar-refractivity contribution in [3.8, 4) is 5.75 Å². The molecule has 0 bridgehead atoms. The van der Waals surface area contributed by atoms with E-state index in [0.717, 1.165) is 35.3 Å². The maximum absolute atomic E-state index is 13.2. The zero-order chi connectivity index (χ0) is 25.9. The maximum atomic E-state index is 13.2. The lowest BCUT2D eigenvalue weighted by atomic mass is 9.83. The van der Waals surface area contributed by atoms with Gasteiger partial charge in [0.15, 0.2) is 0 Å². The van der Waals surface area contributed by atoms with E-state index in [1.54, 1.807) is 24.3 Å². The molecule has 1 aliphatic rings. The van der Waals surface area contributed by atoms with Crippen LogP contribution in [-0.4, -0.2) is 26.2 Å². The summed E-state index contributed by atoms with van der Waals surface area (Å²) in [6.07, 6.45) is 3.59. The second kappa shape index (κ2) is 10.3. The van der Waals surface area contributed by atoms with Crippen LogP contribution in [0.1, 0.15) is 66.2 Å². The molecule has 7 heteroatoms. The number of ether oxygens (including phenoxy) is 1. The second-order valence-electron chi connectivity index (χ2n) is 9.50. The van der Waals surface area contributed by atoms with Gasteiger partial charge in [-0.15, -0.1) is 0 Å². The molecule has 0 aliphatic carbocycles. The lowest BCUT2D eigenvalue weighted by molar-refractivity contribution is 0.0227. The number of carbonyl (C=O) groups excluding carboxylic acids is 1. The smallest absolute Gasteiger partial charge is 0.251 e. The minimum atomic E-state index is -3.52. The van der Waals surface area contributed by atoms with Gasteiger partial charge >= 0.3 is 0 Å². The highest BCUT2D eigenvalue weighted by Gasteiger charge is 2.39. The summed E-state index contributed by atoms with van der Waals surface area (Å²) in [6, 6.07) is 22.1. The molecule has 4 rings (SSSR count). The highest BCUT2D eigenvalue weighted by atomic mass is 32.2. The van der Waals surface area contributed by atoms with Gasteiger partial charge < -0.3 is 10.1 Å². The maximum Gasteiger partial charge on any atom is 0.251 e. The molecule has 0 fully saturated rings. The molecular formula is C29H34N2O4S. The number of amides is 1. The number of para-hydroxylation sites is 1. The fraction of sp³-hybridized carbons (Fsp3) is 0.345. The number of carbonyl (C=O) groups is 1. The molecule has 0 saturated heterocycles. The van der Waals surface area contributed by atoms with Crippen LogP contribution in [0.2, 0.25) is 0 Å². The van der Waals surface area contributed by atoms with E-state index in [4.69, 9.17) is 4.74 Å². The van der Waals surface area contributed by atoms with Crippen molar-refractivity contribution in [3.05, 3.63) is 95.1 Å². The molecule has 1 amide bonds. The summed E-state index contributed by atoms with van der Waals surface area (Å²) in [5, 5.41) is 3.19. The van der Waals surface area contributed by atoms with Gasteiger partial charge in [0.1, 0.15) is 11.4 Å². The molecule has 3 aromatic rings. The second-order valence-corrected chi connectivity index (χ2v) is 11.4. The number of nitrogens with one attached hydrogen (secondary N) is 1. The zero-order valence-corrected chi connectivity index (χ0v) is 22.1. The van der Waals surface area contributed by atoms with Crippen molar-refractivity contribution in [2.45, 2.75) is 58.2 Å². The minimum absolute atomic E-state index is 0.171. The standard InChI is InChI=1S/C29H34N2O4S/c1-5-29(6-2)19-26(25-13-9-10-14-27(25)35-29)30-28(32)22-15-17-24(18-16-22)31(36(4,33)34)20-23-12-8-7-11-21(23)3/h7-18,26H,5-6,19-20H2,1-4H3,(H,30,32)/t26-/m0/s1. The van der Waals surface area contributed by atoms with Crippen LogP contribution in [-0.2, 0) is 16.6 Å².